The molecule has 18 heavy (non-hydrogen) atoms. The summed E-state index contributed by atoms with van der Waals surface area (Å²) in [7, 11) is 0. The molecule has 1 aromatic carbocycles. The number of hydrogen-bond acceptors (Lipinski definition) is 3. The molecule has 0 radical (unpaired) electrons. The van der Waals surface area contributed by atoms with Crippen LogP contribution in [0.3, 0.4) is 0 Å². The molecule has 2 N–H and O–H groups in total. The number of aliphatic hydroxyl groups excluding tert-OH is 1. The maximum absolute atomic E-state index is 9.15. The first-order valence-electron chi connectivity index (χ1n) is 6.59. The zero-order valence-corrected chi connectivity index (χ0v) is 11.4. The van der Waals surface area contributed by atoms with Crippen molar-refractivity contribution in [3.05, 3.63) is 34.9 Å². The van der Waals surface area contributed by atoms with Crippen molar-refractivity contribution in [1.82, 2.24) is 10.2 Å². The van der Waals surface area contributed by atoms with Crippen LogP contribution in [0.2, 0.25) is 5.02 Å². The van der Waals surface area contributed by atoms with Gasteiger partial charge < -0.3 is 10.4 Å². The summed E-state index contributed by atoms with van der Waals surface area (Å²) in [6.07, 6.45) is 2.50. The van der Waals surface area contributed by atoms with Crippen molar-refractivity contribution in [1.29, 1.82) is 0 Å². The normalized spacial score (nSPS) is 19.6. The zero-order chi connectivity index (χ0) is 12.8. The second-order valence-electron chi connectivity index (χ2n) is 4.88. The van der Waals surface area contributed by atoms with Gasteiger partial charge in [-0.1, -0.05) is 23.7 Å². The molecule has 1 atom stereocenters. The van der Waals surface area contributed by atoms with Gasteiger partial charge in [0.05, 0.1) is 6.61 Å². The number of halogens is 1. The summed E-state index contributed by atoms with van der Waals surface area (Å²) in [6, 6.07) is 8.51. The van der Waals surface area contributed by atoms with Crippen molar-refractivity contribution >= 4 is 11.6 Å². The zero-order valence-electron chi connectivity index (χ0n) is 10.6. The molecule has 2 rings (SSSR count). The summed E-state index contributed by atoms with van der Waals surface area (Å²) in [6.45, 7) is 3.93. The van der Waals surface area contributed by atoms with E-state index in [9.17, 15) is 0 Å². The first kappa shape index (κ1) is 13.8. The number of aliphatic hydroxyl groups is 1. The molecular weight excluding hydrogens is 248 g/mol. The molecule has 0 aliphatic carbocycles. The van der Waals surface area contributed by atoms with Crippen LogP contribution in [0.1, 0.15) is 18.4 Å². The lowest BCUT2D eigenvalue weighted by atomic mass is 10.1. The molecule has 0 bridgehead atoms. The van der Waals surface area contributed by atoms with Crippen molar-refractivity contribution in [2.75, 3.05) is 26.2 Å². The SMILES string of the molecule is OCCN(Cc1ccc(Cl)cc1)CC1CCCN1. The summed E-state index contributed by atoms with van der Waals surface area (Å²) in [4.78, 5) is 2.30. The van der Waals surface area contributed by atoms with E-state index in [-0.39, 0.29) is 6.61 Å². The van der Waals surface area contributed by atoms with Crippen molar-refractivity contribution in [3.63, 3.8) is 0 Å². The second-order valence-corrected chi connectivity index (χ2v) is 5.31. The van der Waals surface area contributed by atoms with Crippen molar-refractivity contribution < 1.29 is 5.11 Å². The van der Waals surface area contributed by atoms with Gasteiger partial charge in [0.2, 0.25) is 0 Å². The molecule has 0 aromatic heterocycles. The minimum atomic E-state index is 0.209. The van der Waals surface area contributed by atoms with Crippen LogP contribution < -0.4 is 5.32 Å². The third kappa shape index (κ3) is 4.25. The number of hydrogen-bond donors (Lipinski definition) is 2. The highest BCUT2D eigenvalue weighted by Crippen LogP contribution is 2.13. The van der Waals surface area contributed by atoms with E-state index in [0.29, 0.717) is 6.04 Å². The van der Waals surface area contributed by atoms with Gasteiger partial charge in [-0.3, -0.25) is 4.90 Å². The van der Waals surface area contributed by atoms with Crippen molar-refractivity contribution in [3.8, 4) is 0 Å². The van der Waals surface area contributed by atoms with E-state index in [4.69, 9.17) is 16.7 Å². The Kier molecular flexibility index (Phi) is 5.45. The van der Waals surface area contributed by atoms with Crippen LogP contribution in [-0.2, 0) is 6.54 Å². The maximum atomic E-state index is 9.15. The number of rotatable bonds is 6. The first-order valence-corrected chi connectivity index (χ1v) is 6.97. The Morgan fingerprint density at radius 1 is 1.33 bits per heavy atom. The molecule has 0 saturated carbocycles. The summed E-state index contributed by atoms with van der Waals surface area (Å²) >= 11 is 5.88. The molecule has 1 saturated heterocycles. The van der Waals surface area contributed by atoms with Crippen LogP contribution in [-0.4, -0.2) is 42.3 Å². The van der Waals surface area contributed by atoms with Gasteiger partial charge in [-0.15, -0.1) is 0 Å². The van der Waals surface area contributed by atoms with Crippen LogP contribution >= 0.6 is 11.6 Å². The smallest absolute Gasteiger partial charge is 0.0558 e. The molecule has 1 aliphatic rings. The molecule has 1 fully saturated rings. The van der Waals surface area contributed by atoms with Gasteiger partial charge in [0.15, 0.2) is 0 Å². The molecule has 100 valence electrons. The quantitative estimate of drug-likeness (QED) is 0.827. The topological polar surface area (TPSA) is 35.5 Å². The van der Waals surface area contributed by atoms with Crippen LogP contribution in [0.15, 0.2) is 24.3 Å². The molecule has 1 aromatic rings. The van der Waals surface area contributed by atoms with Gasteiger partial charge in [-0.2, -0.15) is 0 Å². The van der Waals surface area contributed by atoms with E-state index in [0.717, 1.165) is 31.2 Å². The molecule has 4 heteroatoms. The van der Waals surface area contributed by atoms with Gasteiger partial charge in [0, 0.05) is 30.7 Å². The molecule has 1 aliphatic heterocycles. The lowest BCUT2D eigenvalue weighted by Gasteiger charge is -2.25. The summed E-state index contributed by atoms with van der Waals surface area (Å²) in [5.74, 6) is 0. The van der Waals surface area contributed by atoms with E-state index >= 15 is 0 Å². The fraction of sp³-hybridized carbons (Fsp3) is 0.571. The van der Waals surface area contributed by atoms with Gasteiger partial charge in [0.25, 0.3) is 0 Å². The van der Waals surface area contributed by atoms with Crippen LogP contribution in [0.4, 0.5) is 0 Å². The van der Waals surface area contributed by atoms with Gasteiger partial charge in [0.1, 0.15) is 0 Å². The van der Waals surface area contributed by atoms with Crippen LogP contribution in [0, 0.1) is 0 Å². The third-order valence-corrected chi connectivity index (χ3v) is 3.63. The standard InChI is InChI=1S/C14H21ClN2O/c15-13-5-3-12(4-6-13)10-17(8-9-18)11-14-2-1-7-16-14/h3-6,14,16,18H,1-2,7-11H2. The van der Waals surface area contributed by atoms with Crippen molar-refractivity contribution in [2.24, 2.45) is 0 Å². The van der Waals surface area contributed by atoms with E-state index in [1.165, 1.54) is 18.4 Å². The highest BCUT2D eigenvalue weighted by molar-refractivity contribution is 6.30. The van der Waals surface area contributed by atoms with Crippen LogP contribution in [0.5, 0.6) is 0 Å². The lowest BCUT2D eigenvalue weighted by molar-refractivity contribution is 0.179. The molecule has 1 unspecified atom stereocenters. The first-order chi connectivity index (χ1) is 8.78. The third-order valence-electron chi connectivity index (χ3n) is 3.38. The summed E-state index contributed by atoms with van der Waals surface area (Å²) in [5.41, 5.74) is 1.24. The van der Waals surface area contributed by atoms with Gasteiger partial charge >= 0.3 is 0 Å². The molecule has 3 nitrogen and oxygen atoms in total. The Balaban J connectivity index is 1.90. The predicted octanol–water partition coefficient (Wildman–Crippen LogP) is 1.89. The minimum absolute atomic E-state index is 0.209. The monoisotopic (exact) mass is 268 g/mol. The molecule has 0 amide bonds. The Hall–Kier alpha value is -0.610. The minimum Gasteiger partial charge on any atom is -0.395 e. The van der Waals surface area contributed by atoms with Gasteiger partial charge in [-0.05, 0) is 37.1 Å². The lowest BCUT2D eigenvalue weighted by Crippen LogP contribution is -2.38. The highest BCUT2D eigenvalue weighted by atomic mass is 35.5. The average molecular weight is 269 g/mol. The summed E-state index contributed by atoms with van der Waals surface area (Å²) < 4.78 is 0. The fourth-order valence-corrected chi connectivity index (χ4v) is 2.57. The van der Waals surface area contributed by atoms with E-state index in [1.54, 1.807) is 0 Å². The molecular formula is C14H21ClN2O. The Labute approximate surface area is 114 Å². The number of nitrogens with one attached hydrogen (secondary N) is 1. The van der Waals surface area contributed by atoms with Gasteiger partial charge in [-0.25, -0.2) is 0 Å². The largest absolute Gasteiger partial charge is 0.395 e. The van der Waals surface area contributed by atoms with Crippen molar-refractivity contribution in [2.45, 2.75) is 25.4 Å². The van der Waals surface area contributed by atoms with E-state index in [1.807, 2.05) is 12.1 Å². The fourth-order valence-electron chi connectivity index (χ4n) is 2.45. The second kappa shape index (κ2) is 7.10. The highest BCUT2D eigenvalue weighted by Gasteiger charge is 2.17. The maximum Gasteiger partial charge on any atom is 0.0558 e. The predicted molar refractivity (Wildman–Crippen MR) is 74.8 cm³/mol. The Morgan fingerprint density at radius 3 is 2.72 bits per heavy atom. The van der Waals surface area contributed by atoms with E-state index < -0.39 is 0 Å². The summed E-state index contributed by atoms with van der Waals surface area (Å²) in [5, 5.41) is 13.4. The average Bonchev–Trinajstić information content (AvgIpc) is 2.85. The Bertz CT molecular complexity index is 349. The Morgan fingerprint density at radius 2 is 2.11 bits per heavy atom. The molecule has 1 heterocycles. The van der Waals surface area contributed by atoms with Crippen LogP contribution in [0.25, 0.3) is 0 Å². The number of benzene rings is 1. The molecule has 0 spiro atoms. The van der Waals surface area contributed by atoms with E-state index in [2.05, 4.69) is 22.3 Å². The number of nitrogens with zero attached hydrogens (tertiary/aromatic N) is 1.